The van der Waals surface area contributed by atoms with Crippen LogP contribution in [0.1, 0.15) is 41.0 Å². The molecule has 0 saturated carbocycles. The number of anilines is 1. The lowest BCUT2D eigenvalue weighted by molar-refractivity contribution is -0.384. The van der Waals surface area contributed by atoms with Gasteiger partial charge in [-0.1, -0.05) is 20.3 Å². The summed E-state index contributed by atoms with van der Waals surface area (Å²) in [6.45, 7) is 10.2. The summed E-state index contributed by atoms with van der Waals surface area (Å²) in [4.78, 5) is 10.6. The van der Waals surface area contributed by atoms with Crippen molar-refractivity contribution in [1.29, 1.82) is 0 Å². The molecule has 5 nitrogen and oxygen atoms in total. The highest BCUT2D eigenvalue weighted by molar-refractivity contribution is 5.56. The number of ether oxygens (including phenoxy) is 1. The predicted octanol–water partition coefficient (Wildman–Crippen LogP) is 4.23. The number of rotatable bonds is 7. The summed E-state index contributed by atoms with van der Waals surface area (Å²) in [5.74, 6) is 1.01. The molecule has 1 aromatic rings. The van der Waals surface area contributed by atoms with Gasteiger partial charge in [0.25, 0.3) is 5.69 Å². The Labute approximate surface area is 120 Å². The Morgan fingerprint density at radius 3 is 2.40 bits per heavy atom. The number of benzene rings is 1. The van der Waals surface area contributed by atoms with Crippen molar-refractivity contribution < 1.29 is 9.66 Å². The largest absolute Gasteiger partial charge is 0.491 e. The first-order valence-electron chi connectivity index (χ1n) is 7.06. The molecular formula is C15H24N2O3. The topological polar surface area (TPSA) is 64.4 Å². The van der Waals surface area contributed by atoms with E-state index in [0.29, 0.717) is 11.7 Å². The van der Waals surface area contributed by atoms with Crippen molar-refractivity contribution in [3.8, 4) is 5.75 Å². The summed E-state index contributed by atoms with van der Waals surface area (Å²) < 4.78 is 5.57. The molecule has 2 atom stereocenters. The van der Waals surface area contributed by atoms with Crippen LogP contribution in [0.15, 0.2) is 18.2 Å². The molecule has 0 aromatic heterocycles. The second kappa shape index (κ2) is 7.12. The number of nitro benzene ring substituents is 1. The van der Waals surface area contributed by atoms with Crippen LogP contribution in [0.2, 0.25) is 0 Å². The zero-order valence-electron chi connectivity index (χ0n) is 12.8. The molecule has 5 heteroatoms. The molecule has 0 aliphatic rings. The van der Waals surface area contributed by atoms with Gasteiger partial charge in [-0.2, -0.15) is 0 Å². The minimum atomic E-state index is -0.397. The second-order valence-electron chi connectivity index (χ2n) is 5.46. The van der Waals surface area contributed by atoms with Crippen molar-refractivity contribution in [2.75, 3.05) is 5.32 Å². The molecular weight excluding hydrogens is 256 g/mol. The highest BCUT2D eigenvalue weighted by atomic mass is 16.6. The molecule has 0 aliphatic carbocycles. The van der Waals surface area contributed by atoms with Crippen LogP contribution in [0, 0.1) is 16.0 Å². The van der Waals surface area contributed by atoms with E-state index >= 15 is 0 Å². The van der Waals surface area contributed by atoms with Gasteiger partial charge in [0, 0.05) is 23.9 Å². The quantitative estimate of drug-likeness (QED) is 0.599. The summed E-state index contributed by atoms with van der Waals surface area (Å²) in [5, 5.41) is 14.3. The van der Waals surface area contributed by atoms with Gasteiger partial charge in [0.05, 0.1) is 17.1 Å². The van der Waals surface area contributed by atoms with Gasteiger partial charge in [0.1, 0.15) is 5.75 Å². The van der Waals surface area contributed by atoms with Gasteiger partial charge < -0.3 is 10.1 Å². The Bertz CT molecular complexity index is 460. The summed E-state index contributed by atoms with van der Waals surface area (Å²) in [7, 11) is 0. The molecule has 112 valence electrons. The van der Waals surface area contributed by atoms with Gasteiger partial charge in [-0.25, -0.2) is 0 Å². The molecule has 20 heavy (non-hydrogen) atoms. The summed E-state index contributed by atoms with van der Waals surface area (Å²) in [6.07, 6.45) is 1.04. The first kappa shape index (κ1) is 16.3. The van der Waals surface area contributed by atoms with Crippen LogP contribution in [-0.4, -0.2) is 17.1 Å². The number of hydrogen-bond donors (Lipinski definition) is 1. The van der Waals surface area contributed by atoms with Crippen molar-refractivity contribution >= 4 is 11.4 Å². The molecule has 0 bridgehead atoms. The summed E-state index contributed by atoms with van der Waals surface area (Å²) >= 11 is 0. The van der Waals surface area contributed by atoms with E-state index in [-0.39, 0.29) is 17.8 Å². The number of nitrogens with zero attached hydrogens (tertiary/aromatic N) is 1. The van der Waals surface area contributed by atoms with Gasteiger partial charge >= 0.3 is 0 Å². The van der Waals surface area contributed by atoms with Gasteiger partial charge in [0.2, 0.25) is 0 Å². The van der Waals surface area contributed by atoms with E-state index in [2.05, 4.69) is 26.1 Å². The first-order chi connectivity index (χ1) is 9.33. The lowest BCUT2D eigenvalue weighted by Gasteiger charge is -2.21. The summed E-state index contributed by atoms with van der Waals surface area (Å²) in [5.41, 5.74) is 0.768. The van der Waals surface area contributed by atoms with Gasteiger partial charge in [0.15, 0.2) is 0 Å². The highest BCUT2D eigenvalue weighted by Crippen LogP contribution is 2.28. The average molecular weight is 280 g/mol. The minimum absolute atomic E-state index is 0.0168. The molecule has 0 saturated heterocycles. The van der Waals surface area contributed by atoms with E-state index in [0.717, 1.165) is 12.1 Å². The fourth-order valence-corrected chi connectivity index (χ4v) is 1.87. The molecule has 0 aliphatic heterocycles. The van der Waals surface area contributed by atoms with Crippen LogP contribution in [0.25, 0.3) is 0 Å². The SMILES string of the molecule is CCC(C)C(C)Nc1cc(OC(C)C)cc([N+](=O)[O-])c1. The average Bonchev–Trinajstić information content (AvgIpc) is 2.36. The number of nitro groups is 1. The molecule has 0 amide bonds. The molecule has 1 aromatic carbocycles. The fourth-order valence-electron chi connectivity index (χ4n) is 1.87. The van der Waals surface area contributed by atoms with E-state index in [1.165, 1.54) is 6.07 Å². The maximum atomic E-state index is 11.0. The van der Waals surface area contributed by atoms with Gasteiger partial charge in [-0.15, -0.1) is 0 Å². The van der Waals surface area contributed by atoms with Crippen LogP contribution in [-0.2, 0) is 0 Å². The Kier molecular flexibility index (Phi) is 5.80. The predicted molar refractivity (Wildman–Crippen MR) is 81.4 cm³/mol. The Hall–Kier alpha value is -1.78. The Balaban J connectivity index is 2.99. The Morgan fingerprint density at radius 2 is 1.90 bits per heavy atom. The van der Waals surface area contributed by atoms with Crippen molar-refractivity contribution in [3.05, 3.63) is 28.3 Å². The molecule has 0 radical (unpaired) electrons. The third-order valence-corrected chi connectivity index (χ3v) is 3.37. The fraction of sp³-hybridized carbons (Fsp3) is 0.600. The maximum Gasteiger partial charge on any atom is 0.275 e. The minimum Gasteiger partial charge on any atom is -0.491 e. The lowest BCUT2D eigenvalue weighted by Crippen LogP contribution is -2.23. The number of nitrogens with one attached hydrogen (secondary N) is 1. The molecule has 2 unspecified atom stereocenters. The van der Waals surface area contributed by atoms with Crippen molar-refractivity contribution in [1.82, 2.24) is 0 Å². The highest BCUT2D eigenvalue weighted by Gasteiger charge is 2.15. The zero-order valence-corrected chi connectivity index (χ0v) is 12.8. The van der Waals surface area contributed by atoms with E-state index in [1.54, 1.807) is 6.07 Å². The van der Waals surface area contributed by atoms with E-state index in [4.69, 9.17) is 4.74 Å². The zero-order chi connectivity index (χ0) is 15.3. The van der Waals surface area contributed by atoms with E-state index in [1.807, 2.05) is 19.9 Å². The number of non-ortho nitro benzene ring substituents is 1. The van der Waals surface area contributed by atoms with Crippen molar-refractivity contribution in [2.24, 2.45) is 5.92 Å². The monoisotopic (exact) mass is 280 g/mol. The van der Waals surface area contributed by atoms with Crippen molar-refractivity contribution in [2.45, 2.75) is 53.2 Å². The van der Waals surface area contributed by atoms with E-state index < -0.39 is 4.92 Å². The van der Waals surface area contributed by atoms with Gasteiger partial charge in [-0.05, 0) is 26.7 Å². The van der Waals surface area contributed by atoms with E-state index in [9.17, 15) is 10.1 Å². The van der Waals surface area contributed by atoms with Crippen LogP contribution in [0.5, 0.6) is 5.75 Å². The van der Waals surface area contributed by atoms with Crippen LogP contribution < -0.4 is 10.1 Å². The second-order valence-corrected chi connectivity index (χ2v) is 5.46. The first-order valence-corrected chi connectivity index (χ1v) is 7.06. The van der Waals surface area contributed by atoms with Crippen molar-refractivity contribution in [3.63, 3.8) is 0 Å². The van der Waals surface area contributed by atoms with Crippen LogP contribution >= 0.6 is 0 Å². The molecule has 0 fully saturated rings. The third-order valence-electron chi connectivity index (χ3n) is 3.37. The normalized spacial score (nSPS) is 13.9. The smallest absolute Gasteiger partial charge is 0.275 e. The molecule has 1 rings (SSSR count). The number of hydrogen-bond acceptors (Lipinski definition) is 4. The lowest BCUT2D eigenvalue weighted by atomic mass is 10.0. The molecule has 0 spiro atoms. The summed E-state index contributed by atoms with van der Waals surface area (Å²) in [6, 6.07) is 5.06. The molecule has 0 heterocycles. The van der Waals surface area contributed by atoms with Crippen LogP contribution in [0.3, 0.4) is 0 Å². The molecule has 1 N–H and O–H groups in total. The third kappa shape index (κ3) is 4.72. The van der Waals surface area contributed by atoms with Crippen LogP contribution in [0.4, 0.5) is 11.4 Å². The maximum absolute atomic E-state index is 11.0. The Morgan fingerprint density at radius 1 is 1.25 bits per heavy atom. The van der Waals surface area contributed by atoms with Gasteiger partial charge in [-0.3, -0.25) is 10.1 Å². The standard InChI is InChI=1S/C15H24N2O3/c1-6-11(4)12(5)16-13-7-14(17(18)19)9-15(8-13)20-10(2)3/h7-12,16H,6H2,1-5H3.